The van der Waals surface area contributed by atoms with E-state index in [1.165, 1.54) is 0 Å². The summed E-state index contributed by atoms with van der Waals surface area (Å²) in [5, 5.41) is 3.92. The minimum Gasteiger partial charge on any atom is -0.356 e. The third kappa shape index (κ3) is 4.08. The smallest absolute Gasteiger partial charge is 0.224 e. The summed E-state index contributed by atoms with van der Waals surface area (Å²) in [6.45, 7) is 0.581. The van der Waals surface area contributed by atoms with Crippen molar-refractivity contribution in [3.8, 4) is 0 Å². The van der Waals surface area contributed by atoms with Gasteiger partial charge in [-0.3, -0.25) is 4.79 Å². The molecular formula is C18H17Cl2N3O. The predicted molar refractivity (Wildman–Crippen MR) is 97.6 cm³/mol. The molecule has 0 aliphatic heterocycles. The van der Waals surface area contributed by atoms with Gasteiger partial charge in [0.25, 0.3) is 0 Å². The summed E-state index contributed by atoms with van der Waals surface area (Å²) in [6.07, 6.45) is 1.77. The molecular weight excluding hydrogens is 345 g/mol. The highest BCUT2D eigenvalue weighted by atomic mass is 35.5. The minimum atomic E-state index is -0.0883. The summed E-state index contributed by atoms with van der Waals surface area (Å²) >= 11 is 12.2. The van der Waals surface area contributed by atoms with E-state index < -0.39 is 0 Å². The molecule has 2 aromatic carbocycles. The maximum absolute atomic E-state index is 12.0. The molecule has 0 aliphatic rings. The van der Waals surface area contributed by atoms with Crippen LogP contribution in [0.2, 0.25) is 10.0 Å². The van der Waals surface area contributed by atoms with Gasteiger partial charge < -0.3 is 10.3 Å². The molecule has 0 radical (unpaired) electrons. The fourth-order valence-corrected chi connectivity index (χ4v) is 3.06. The second-order valence-corrected chi connectivity index (χ2v) is 6.35. The fourth-order valence-electron chi connectivity index (χ4n) is 2.53. The van der Waals surface area contributed by atoms with Crippen molar-refractivity contribution in [2.75, 3.05) is 6.54 Å². The third-order valence-electron chi connectivity index (χ3n) is 3.75. The second kappa shape index (κ2) is 7.69. The van der Waals surface area contributed by atoms with Crippen LogP contribution in [0.4, 0.5) is 0 Å². The number of nitrogens with one attached hydrogen (secondary N) is 2. The lowest BCUT2D eigenvalue weighted by Gasteiger charge is -2.07. The van der Waals surface area contributed by atoms with Crippen molar-refractivity contribution >= 4 is 40.1 Å². The number of imidazole rings is 1. The molecule has 0 atom stereocenters. The summed E-state index contributed by atoms with van der Waals surface area (Å²) in [4.78, 5) is 19.8. The average molecular weight is 362 g/mol. The van der Waals surface area contributed by atoms with Crippen molar-refractivity contribution in [3.05, 3.63) is 63.9 Å². The zero-order chi connectivity index (χ0) is 16.9. The Bertz CT molecular complexity index is 807. The first-order valence-electron chi connectivity index (χ1n) is 7.76. The van der Waals surface area contributed by atoms with Crippen LogP contribution in [0, 0.1) is 0 Å². The van der Waals surface area contributed by atoms with E-state index in [0.717, 1.165) is 29.7 Å². The molecule has 6 heteroatoms. The number of aryl methyl sites for hydroxylation is 1. The molecule has 0 saturated heterocycles. The van der Waals surface area contributed by atoms with Crippen LogP contribution in [-0.4, -0.2) is 22.4 Å². The Morgan fingerprint density at radius 1 is 1.08 bits per heavy atom. The number of para-hydroxylation sites is 2. The number of amides is 1. The van der Waals surface area contributed by atoms with Crippen molar-refractivity contribution in [2.45, 2.75) is 19.3 Å². The standard InChI is InChI=1S/C18H17Cl2N3O/c19-13-5-3-6-14(20)12(13)11-18(24)21-10-4-9-17-22-15-7-1-2-8-16(15)23-17/h1-3,5-8H,4,9-11H2,(H,21,24)(H,22,23). The summed E-state index contributed by atoms with van der Waals surface area (Å²) < 4.78 is 0. The summed E-state index contributed by atoms with van der Waals surface area (Å²) in [6, 6.07) is 13.2. The lowest BCUT2D eigenvalue weighted by molar-refractivity contribution is -0.120. The van der Waals surface area contributed by atoms with E-state index in [1.54, 1.807) is 18.2 Å². The van der Waals surface area contributed by atoms with Gasteiger partial charge >= 0.3 is 0 Å². The number of benzene rings is 2. The van der Waals surface area contributed by atoms with Gasteiger partial charge in [0, 0.05) is 23.0 Å². The number of carbonyl (C=O) groups is 1. The molecule has 2 N–H and O–H groups in total. The monoisotopic (exact) mass is 361 g/mol. The van der Waals surface area contributed by atoms with Gasteiger partial charge in [0.15, 0.2) is 0 Å². The molecule has 0 spiro atoms. The molecule has 3 rings (SSSR count). The lowest BCUT2D eigenvalue weighted by atomic mass is 10.1. The fraction of sp³-hybridized carbons (Fsp3) is 0.222. The molecule has 24 heavy (non-hydrogen) atoms. The number of aromatic nitrogens is 2. The van der Waals surface area contributed by atoms with E-state index in [1.807, 2.05) is 24.3 Å². The number of nitrogens with zero attached hydrogens (tertiary/aromatic N) is 1. The number of carbonyl (C=O) groups excluding carboxylic acids is 1. The molecule has 0 fully saturated rings. The molecule has 124 valence electrons. The average Bonchev–Trinajstić information content (AvgIpc) is 2.98. The van der Waals surface area contributed by atoms with Crippen LogP contribution >= 0.6 is 23.2 Å². The Hall–Kier alpha value is -2.04. The van der Waals surface area contributed by atoms with Crippen LogP contribution in [0.25, 0.3) is 11.0 Å². The topological polar surface area (TPSA) is 57.8 Å². The Kier molecular flexibility index (Phi) is 5.38. The van der Waals surface area contributed by atoms with E-state index in [4.69, 9.17) is 23.2 Å². The molecule has 1 aromatic heterocycles. The van der Waals surface area contributed by atoms with Crippen LogP contribution in [0.15, 0.2) is 42.5 Å². The van der Waals surface area contributed by atoms with Crippen LogP contribution in [0.1, 0.15) is 17.8 Å². The number of rotatable bonds is 6. The Morgan fingerprint density at radius 3 is 2.58 bits per heavy atom. The van der Waals surface area contributed by atoms with Crippen LogP contribution in [0.5, 0.6) is 0 Å². The highest BCUT2D eigenvalue weighted by Gasteiger charge is 2.10. The van der Waals surface area contributed by atoms with Crippen molar-refractivity contribution in [1.29, 1.82) is 0 Å². The van der Waals surface area contributed by atoms with Crippen molar-refractivity contribution in [3.63, 3.8) is 0 Å². The van der Waals surface area contributed by atoms with Gasteiger partial charge in [0.05, 0.1) is 17.5 Å². The molecule has 0 aliphatic carbocycles. The van der Waals surface area contributed by atoms with Gasteiger partial charge in [0.1, 0.15) is 5.82 Å². The zero-order valence-corrected chi connectivity index (χ0v) is 14.5. The van der Waals surface area contributed by atoms with Crippen molar-refractivity contribution < 1.29 is 4.79 Å². The maximum atomic E-state index is 12.0. The molecule has 1 amide bonds. The largest absolute Gasteiger partial charge is 0.356 e. The van der Waals surface area contributed by atoms with Crippen LogP contribution < -0.4 is 5.32 Å². The molecule has 3 aromatic rings. The molecule has 1 heterocycles. The number of fused-ring (bicyclic) bond motifs is 1. The van der Waals surface area contributed by atoms with Gasteiger partial charge in [-0.15, -0.1) is 0 Å². The number of aromatic amines is 1. The first-order valence-corrected chi connectivity index (χ1v) is 8.52. The molecule has 4 nitrogen and oxygen atoms in total. The highest BCUT2D eigenvalue weighted by Crippen LogP contribution is 2.24. The van der Waals surface area contributed by atoms with Gasteiger partial charge in [-0.2, -0.15) is 0 Å². The minimum absolute atomic E-state index is 0.0883. The third-order valence-corrected chi connectivity index (χ3v) is 4.46. The normalized spacial score (nSPS) is 10.9. The maximum Gasteiger partial charge on any atom is 0.224 e. The molecule has 0 bridgehead atoms. The first kappa shape index (κ1) is 16.8. The number of halogens is 2. The molecule has 0 saturated carbocycles. The van der Waals surface area contributed by atoms with E-state index >= 15 is 0 Å². The van der Waals surface area contributed by atoms with E-state index in [0.29, 0.717) is 22.2 Å². The highest BCUT2D eigenvalue weighted by molar-refractivity contribution is 6.36. The van der Waals surface area contributed by atoms with Gasteiger partial charge in [0.2, 0.25) is 5.91 Å². The lowest BCUT2D eigenvalue weighted by Crippen LogP contribution is -2.26. The quantitative estimate of drug-likeness (QED) is 0.647. The van der Waals surface area contributed by atoms with Crippen LogP contribution in [-0.2, 0) is 17.6 Å². The molecule has 0 unspecified atom stereocenters. The van der Waals surface area contributed by atoms with Gasteiger partial charge in [-0.1, -0.05) is 41.4 Å². The SMILES string of the molecule is O=C(Cc1c(Cl)cccc1Cl)NCCCc1nc2ccccc2[nH]1. The first-order chi connectivity index (χ1) is 11.6. The van der Waals surface area contributed by atoms with E-state index in [9.17, 15) is 4.79 Å². The summed E-state index contributed by atoms with van der Waals surface area (Å²) in [5.41, 5.74) is 2.66. The van der Waals surface area contributed by atoms with Gasteiger partial charge in [-0.05, 0) is 36.2 Å². The number of hydrogen-bond donors (Lipinski definition) is 2. The van der Waals surface area contributed by atoms with Gasteiger partial charge in [-0.25, -0.2) is 4.98 Å². The summed E-state index contributed by atoms with van der Waals surface area (Å²) in [7, 11) is 0. The Labute approximate surface area is 150 Å². The number of H-pyrrole nitrogens is 1. The van der Waals surface area contributed by atoms with Crippen molar-refractivity contribution in [2.24, 2.45) is 0 Å². The van der Waals surface area contributed by atoms with Crippen LogP contribution in [0.3, 0.4) is 0 Å². The Morgan fingerprint density at radius 2 is 1.83 bits per heavy atom. The predicted octanol–water partition coefficient (Wildman–Crippen LogP) is 4.16. The zero-order valence-electron chi connectivity index (χ0n) is 13.0. The summed E-state index contributed by atoms with van der Waals surface area (Å²) in [5.74, 6) is 0.842. The van der Waals surface area contributed by atoms with E-state index in [-0.39, 0.29) is 12.3 Å². The number of hydrogen-bond acceptors (Lipinski definition) is 2. The second-order valence-electron chi connectivity index (χ2n) is 5.53. The van der Waals surface area contributed by atoms with E-state index in [2.05, 4.69) is 15.3 Å². The van der Waals surface area contributed by atoms with Crippen molar-refractivity contribution in [1.82, 2.24) is 15.3 Å². The Balaban J connectivity index is 1.47.